The summed E-state index contributed by atoms with van der Waals surface area (Å²) in [5, 5.41) is 10.8. The molecule has 0 saturated carbocycles. The number of aromatic carboxylic acids is 1. The molecule has 24 heavy (non-hydrogen) atoms. The van der Waals surface area contributed by atoms with E-state index in [0.717, 1.165) is 11.1 Å². The highest BCUT2D eigenvalue weighted by Crippen LogP contribution is 2.36. The number of anilines is 1. The fourth-order valence-electron chi connectivity index (χ4n) is 2.25. The van der Waals surface area contributed by atoms with E-state index in [0.29, 0.717) is 14.9 Å². The maximum atomic E-state index is 12.6. The number of nitrogens with zero attached hydrogens (tertiary/aromatic N) is 1. The second kappa shape index (κ2) is 6.59. The van der Waals surface area contributed by atoms with Gasteiger partial charge in [-0.2, -0.15) is 0 Å². The molecule has 0 radical (unpaired) electrons. The summed E-state index contributed by atoms with van der Waals surface area (Å²) in [6.45, 7) is 2.00. The first-order chi connectivity index (χ1) is 11.5. The molecule has 120 valence electrons. The number of thiocarbonyl (C=S) groups is 1. The van der Waals surface area contributed by atoms with Crippen molar-refractivity contribution in [3.8, 4) is 0 Å². The van der Waals surface area contributed by atoms with Crippen molar-refractivity contribution in [2.75, 3.05) is 4.90 Å². The van der Waals surface area contributed by atoms with Gasteiger partial charge in [-0.15, -0.1) is 0 Å². The van der Waals surface area contributed by atoms with Gasteiger partial charge in [0.25, 0.3) is 5.91 Å². The van der Waals surface area contributed by atoms with Gasteiger partial charge in [0.2, 0.25) is 0 Å². The standard InChI is InChI=1S/C18H13NO3S2/c1-11-2-4-12(5-3-11)10-15-16(20)19(18(23)24-15)14-8-6-13(7-9-14)17(21)22/h2-10H,1H3,(H,21,22)/p-1/b15-10-. The predicted octanol–water partition coefficient (Wildman–Crippen LogP) is 2.76. The normalized spacial score (nSPS) is 16.0. The van der Waals surface area contributed by atoms with Crippen molar-refractivity contribution in [2.24, 2.45) is 0 Å². The molecular weight excluding hydrogens is 342 g/mol. The van der Waals surface area contributed by atoms with Gasteiger partial charge in [-0.05, 0) is 36.3 Å². The van der Waals surface area contributed by atoms with Gasteiger partial charge in [-0.1, -0.05) is 65.9 Å². The van der Waals surface area contributed by atoms with E-state index in [2.05, 4.69) is 0 Å². The highest BCUT2D eigenvalue weighted by molar-refractivity contribution is 8.27. The lowest BCUT2D eigenvalue weighted by Crippen LogP contribution is -2.28. The van der Waals surface area contributed by atoms with Crippen molar-refractivity contribution in [1.82, 2.24) is 0 Å². The molecule has 3 rings (SSSR count). The minimum Gasteiger partial charge on any atom is -0.545 e. The summed E-state index contributed by atoms with van der Waals surface area (Å²) in [5.41, 5.74) is 2.66. The Kier molecular flexibility index (Phi) is 4.51. The highest BCUT2D eigenvalue weighted by atomic mass is 32.2. The first kappa shape index (κ1) is 16.4. The molecule has 1 saturated heterocycles. The maximum absolute atomic E-state index is 12.6. The molecule has 4 nitrogen and oxygen atoms in total. The van der Waals surface area contributed by atoms with Crippen LogP contribution in [0.1, 0.15) is 21.5 Å². The van der Waals surface area contributed by atoms with E-state index in [9.17, 15) is 14.7 Å². The predicted molar refractivity (Wildman–Crippen MR) is 97.6 cm³/mol. The van der Waals surface area contributed by atoms with E-state index in [-0.39, 0.29) is 11.5 Å². The van der Waals surface area contributed by atoms with Crippen molar-refractivity contribution in [1.29, 1.82) is 0 Å². The molecule has 1 amide bonds. The van der Waals surface area contributed by atoms with Gasteiger partial charge in [-0.25, -0.2) is 0 Å². The van der Waals surface area contributed by atoms with Crippen molar-refractivity contribution in [2.45, 2.75) is 6.92 Å². The van der Waals surface area contributed by atoms with E-state index in [1.54, 1.807) is 18.2 Å². The Morgan fingerprint density at radius 2 is 1.75 bits per heavy atom. The number of amides is 1. The van der Waals surface area contributed by atoms with Crippen molar-refractivity contribution in [3.05, 3.63) is 70.1 Å². The molecule has 2 aromatic rings. The van der Waals surface area contributed by atoms with Crippen LogP contribution < -0.4 is 10.0 Å². The van der Waals surface area contributed by atoms with Gasteiger partial charge in [-0.3, -0.25) is 9.69 Å². The van der Waals surface area contributed by atoms with E-state index >= 15 is 0 Å². The summed E-state index contributed by atoms with van der Waals surface area (Å²) >= 11 is 6.52. The summed E-state index contributed by atoms with van der Waals surface area (Å²) in [5.74, 6) is -1.47. The molecule has 1 aliphatic rings. The first-order valence-corrected chi connectivity index (χ1v) is 8.34. The number of aryl methyl sites for hydroxylation is 1. The number of carboxylic acid groups (broad SMARTS) is 1. The Labute approximate surface area is 148 Å². The second-order valence-corrected chi connectivity index (χ2v) is 6.94. The molecule has 1 heterocycles. The van der Waals surface area contributed by atoms with E-state index in [4.69, 9.17) is 12.2 Å². The average Bonchev–Trinajstić information content (AvgIpc) is 2.83. The van der Waals surface area contributed by atoms with E-state index in [1.807, 2.05) is 31.2 Å². The lowest BCUT2D eigenvalue weighted by Gasteiger charge is -2.15. The Morgan fingerprint density at radius 3 is 2.33 bits per heavy atom. The van der Waals surface area contributed by atoms with Crippen LogP contribution in [0, 0.1) is 6.92 Å². The largest absolute Gasteiger partial charge is 0.545 e. The third-order valence-electron chi connectivity index (χ3n) is 3.53. The fourth-order valence-corrected chi connectivity index (χ4v) is 3.55. The number of benzene rings is 2. The highest BCUT2D eigenvalue weighted by Gasteiger charge is 2.33. The van der Waals surface area contributed by atoms with Gasteiger partial charge in [0.1, 0.15) is 0 Å². The van der Waals surface area contributed by atoms with Crippen molar-refractivity contribution in [3.63, 3.8) is 0 Å². The van der Waals surface area contributed by atoms with Gasteiger partial charge < -0.3 is 9.90 Å². The molecule has 0 aliphatic carbocycles. The van der Waals surface area contributed by atoms with E-state index < -0.39 is 5.97 Å². The van der Waals surface area contributed by atoms with Crippen LogP contribution in [0.15, 0.2) is 53.4 Å². The number of carboxylic acids is 1. The Morgan fingerprint density at radius 1 is 1.12 bits per heavy atom. The van der Waals surface area contributed by atoms with Crippen LogP contribution in [0.5, 0.6) is 0 Å². The SMILES string of the molecule is Cc1ccc(/C=C2\SC(=S)N(c3ccc(C(=O)[O-])cc3)C2=O)cc1. The van der Waals surface area contributed by atoms with Gasteiger partial charge in [0.15, 0.2) is 4.32 Å². The van der Waals surface area contributed by atoms with Crippen LogP contribution in [0.4, 0.5) is 5.69 Å². The smallest absolute Gasteiger partial charge is 0.270 e. The van der Waals surface area contributed by atoms with Crippen LogP contribution >= 0.6 is 24.0 Å². The summed E-state index contributed by atoms with van der Waals surface area (Å²) in [6, 6.07) is 13.7. The molecule has 0 spiro atoms. The topological polar surface area (TPSA) is 60.4 Å². The monoisotopic (exact) mass is 354 g/mol. The molecular formula is C18H12NO3S2-. The number of carbonyl (C=O) groups excluding carboxylic acids is 2. The number of thioether (sulfide) groups is 1. The van der Waals surface area contributed by atoms with Crippen LogP contribution in [0.3, 0.4) is 0 Å². The molecule has 1 fully saturated rings. The van der Waals surface area contributed by atoms with Gasteiger partial charge >= 0.3 is 0 Å². The summed E-state index contributed by atoms with van der Waals surface area (Å²) in [6.07, 6.45) is 1.80. The number of carbonyl (C=O) groups is 2. The minimum atomic E-state index is -1.26. The number of hydrogen-bond acceptors (Lipinski definition) is 5. The van der Waals surface area contributed by atoms with E-state index in [1.165, 1.54) is 28.8 Å². The molecule has 0 unspecified atom stereocenters. The zero-order chi connectivity index (χ0) is 17.3. The van der Waals surface area contributed by atoms with Gasteiger partial charge in [0, 0.05) is 0 Å². The van der Waals surface area contributed by atoms with Crippen molar-refractivity contribution < 1.29 is 14.7 Å². The lowest BCUT2D eigenvalue weighted by molar-refractivity contribution is -0.255. The molecule has 0 N–H and O–H groups in total. The molecule has 0 aromatic heterocycles. The Bertz CT molecular complexity index is 855. The van der Waals surface area contributed by atoms with Gasteiger partial charge in [0.05, 0.1) is 16.6 Å². The molecule has 0 bridgehead atoms. The van der Waals surface area contributed by atoms with Crippen LogP contribution in [0.25, 0.3) is 6.08 Å². The fraction of sp³-hybridized carbons (Fsp3) is 0.0556. The second-order valence-electron chi connectivity index (χ2n) is 5.26. The summed E-state index contributed by atoms with van der Waals surface area (Å²) in [4.78, 5) is 25.4. The summed E-state index contributed by atoms with van der Waals surface area (Å²) < 4.78 is 0.416. The third kappa shape index (κ3) is 3.25. The van der Waals surface area contributed by atoms with Crippen LogP contribution in [-0.2, 0) is 4.79 Å². The van der Waals surface area contributed by atoms with Crippen molar-refractivity contribution >= 4 is 51.9 Å². The zero-order valence-electron chi connectivity index (χ0n) is 12.7. The maximum Gasteiger partial charge on any atom is 0.270 e. The molecule has 2 aromatic carbocycles. The van der Waals surface area contributed by atoms with Crippen LogP contribution in [0.2, 0.25) is 0 Å². The molecule has 6 heteroatoms. The lowest BCUT2D eigenvalue weighted by atomic mass is 10.1. The minimum absolute atomic E-state index is 0.0550. The third-order valence-corrected chi connectivity index (χ3v) is 4.83. The quantitative estimate of drug-likeness (QED) is 0.627. The molecule has 1 aliphatic heterocycles. The first-order valence-electron chi connectivity index (χ1n) is 7.12. The Balaban J connectivity index is 1.88. The number of hydrogen-bond donors (Lipinski definition) is 0. The van der Waals surface area contributed by atoms with Crippen LogP contribution in [-0.4, -0.2) is 16.2 Å². The molecule has 0 atom stereocenters. The summed E-state index contributed by atoms with van der Waals surface area (Å²) in [7, 11) is 0. The Hall–Kier alpha value is -2.44. The number of rotatable bonds is 3. The average molecular weight is 354 g/mol. The zero-order valence-corrected chi connectivity index (χ0v) is 14.3.